The van der Waals surface area contributed by atoms with Crippen molar-refractivity contribution < 1.29 is 33.8 Å². The lowest BCUT2D eigenvalue weighted by Gasteiger charge is -2.27. The highest BCUT2D eigenvalue weighted by Crippen LogP contribution is 2.20. The Kier molecular flexibility index (Phi) is 10.2. The maximum absolute atomic E-state index is 13.1. The van der Waals surface area contributed by atoms with Gasteiger partial charge in [0.05, 0.1) is 0 Å². The molecule has 1 fully saturated rings. The quantitative estimate of drug-likeness (QED) is 0.441. The van der Waals surface area contributed by atoms with Crippen molar-refractivity contribution in [2.24, 2.45) is 0 Å². The van der Waals surface area contributed by atoms with Crippen molar-refractivity contribution in [2.45, 2.75) is 77.2 Å². The van der Waals surface area contributed by atoms with Crippen molar-refractivity contribution >= 4 is 24.1 Å². The van der Waals surface area contributed by atoms with E-state index in [4.69, 9.17) is 9.47 Å². The van der Waals surface area contributed by atoms with Crippen LogP contribution in [0.3, 0.4) is 0 Å². The first-order valence-corrected chi connectivity index (χ1v) is 11.5. The summed E-state index contributed by atoms with van der Waals surface area (Å²) in [5, 5.41) is 14.7. The van der Waals surface area contributed by atoms with Gasteiger partial charge in [0, 0.05) is 13.1 Å². The molecule has 10 nitrogen and oxygen atoms in total. The van der Waals surface area contributed by atoms with Crippen LogP contribution in [0, 0.1) is 0 Å². The molecule has 0 aromatic heterocycles. The third kappa shape index (κ3) is 9.29. The van der Waals surface area contributed by atoms with Crippen molar-refractivity contribution in [1.82, 2.24) is 15.5 Å². The zero-order valence-electron chi connectivity index (χ0n) is 20.0. The summed E-state index contributed by atoms with van der Waals surface area (Å²) in [5.41, 5.74) is 0.210. The van der Waals surface area contributed by atoms with Crippen LogP contribution in [0.25, 0.3) is 0 Å². The number of carbonyl (C=O) groups is 4. The molecule has 34 heavy (non-hydrogen) atoms. The molecule has 2 atom stereocenters. The summed E-state index contributed by atoms with van der Waals surface area (Å²) < 4.78 is 10.4. The molecule has 2 rings (SSSR count). The summed E-state index contributed by atoms with van der Waals surface area (Å²) in [4.78, 5) is 50.1. The Bertz CT molecular complexity index is 839. The molecule has 0 aliphatic carbocycles. The van der Waals surface area contributed by atoms with E-state index in [1.807, 2.05) is 30.3 Å². The Morgan fingerprint density at radius 2 is 1.82 bits per heavy atom. The number of benzene rings is 1. The predicted octanol–water partition coefficient (Wildman–Crippen LogP) is 3.05. The topological polar surface area (TPSA) is 134 Å². The Morgan fingerprint density at radius 3 is 2.47 bits per heavy atom. The average Bonchev–Trinajstić information content (AvgIpc) is 3.26. The summed E-state index contributed by atoms with van der Waals surface area (Å²) in [6.45, 7) is 6.04. The van der Waals surface area contributed by atoms with E-state index in [-0.39, 0.29) is 13.0 Å². The van der Waals surface area contributed by atoms with E-state index in [1.54, 1.807) is 20.8 Å². The van der Waals surface area contributed by atoms with E-state index in [1.165, 1.54) is 4.90 Å². The number of rotatable bonds is 10. The van der Waals surface area contributed by atoms with E-state index in [9.17, 15) is 24.3 Å². The van der Waals surface area contributed by atoms with Crippen LogP contribution in [0.4, 0.5) is 9.59 Å². The molecule has 3 N–H and O–H groups in total. The Balaban J connectivity index is 1.91. The van der Waals surface area contributed by atoms with Gasteiger partial charge in [-0.25, -0.2) is 14.4 Å². The maximum Gasteiger partial charge on any atom is 0.408 e. The predicted molar refractivity (Wildman–Crippen MR) is 124 cm³/mol. The summed E-state index contributed by atoms with van der Waals surface area (Å²) in [7, 11) is 0. The third-order valence-electron chi connectivity index (χ3n) is 5.21. The molecule has 1 aliphatic heterocycles. The van der Waals surface area contributed by atoms with Crippen LogP contribution in [-0.4, -0.2) is 64.8 Å². The molecule has 0 radical (unpaired) electrons. The molecule has 1 aliphatic rings. The Hall–Kier alpha value is -3.30. The van der Waals surface area contributed by atoms with Crippen LogP contribution in [0.5, 0.6) is 0 Å². The normalized spacial score (nSPS) is 16.4. The van der Waals surface area contributed by atoms with Crippen LogP contribution in [0.15, 0.2) is 30.3 Å². The number of hydrogen-bond acceptors (Lipinski definition) is 6. The summed E-state index contributed by atoms with van der Waals surface area (Å²) in [6.07, 6.45) is 1.03. The van der Waals surface area contributed by atoms with Crippen molar-refractivity contribution in [3.05, 3.63) is 35.9 Å². The molecule has 1 aromatic carbocycles. The zero-order valence-corrected chi connectivity index (χ0v) is 20.0. The molecule has 0 saturated carbocycles. The molecule has 1 aromatic rings. The number of nitrogens with one attached hydrogen (secondary N) is 2. The van der Waals surface area contributed by atoms with E-state index >= 15 is 0 Å². The van der Waals surface area contributed by atoms with Gasteiger partial charge in [0.1, 0.15) is 24.3 Å². The number of unbranched alkanes of at least 4 members (excludes halogenated alkanes) is 1. The fourth-order valence-corrected chi connectivity index (χ4v) is 3.63. The zero-order chi connectivity index (χ0) is 25.1. The van der Waals surface area contributed by atoms with Crippen LogP contribution in [0.1, 0.15) is 58.4 Å². The second-order valence-electron chi connectivity index (χ2n) is 9.21. The van der Waals surface area contributed by atoms with E-state index in [0.29, 0.717) is 38.8 Å². The van der Waals surface area contributed by atoms with E-state index in [2.05, 4.69) is 10.6 Å². The highest BCUT2D eigenvalue weighted by molar-refractivity contribution is 5.89. The number of carboxylic acid groups (broad SMARTS) is 1. The monoisotopic (exact) mass is 477 g/mol. The van der Waals surface area contributed by atoms with Gasteiger partial charge in [0.2, 0.25) is 5.91 Å². The molecule has 0 unspecified atom stereocenters. The molecule has 1 heterocycles. The van der Waals surface area contributed by atoms with Gasteiger partial charge in [-0.15, -0.1) is 0 Å². The van der Waals surface area contributed by atoms with Gasteiger partial charge < -0.3 is 30.1 Å². The molecule has 10 heteroatoms. The van der Waals surface area contributed by atoms with Crippen LogP contribution in [0.2, 0.25) is 0 Å². The van der Waals surface area contributed by atoms with Crippen LogP contribution >= 0.6 is 0 Å². The second kappa shape index (κ2) is 12.8. The van der Waals surface area contributed by atoms with Gasteiger partial charge in [-0.05, 0) is 58.4 Å². The lowest BCUT2D eigenvalue weighted by Crippen LogP contribution is -2.51. The SMILES string of the molecule is CC(C)(C)OC(=O)NCCCC[C@H](NC(=O)OCc1ccccc1)C(=O)N1CCC[C@H]1C(=O)O. The maximum atomic E-state index is 13.1. The van der Waals surface area contributed by atoms with Crippen molar-refractivity contribution in [2.75, 3.05) is 13.1 Å². The average molecular weight is 478 g/mol. The minimum Gasteiger partial charge on any atom is -0.480 e. The largest absolute Gasteiger partial charge is 0.480 e. The van der Waals surface area contributed by atoms with Crippen molar-refractivity contribution in [3.63, 3.8) is 0 Å². The molecular weight excluding hydrogens is 442 g/mol. The fourth-order valence-electron chi connectivity index (χ4n) is 3.63. The number of aliphatic carboxylic acids is 1. The van der Waals surface area contributed by atoms with E-state index in [0.717, 1.165) is 5.56 Å². The molecule has 3 amide bonds. The summed E-state index contributed by atoms with van der Waals surface area (Å²) in [6, 6.07) is 7.31. The van der Waals surface area contributed by atoms with Gasteiger partial charge >= 0.3 is 18.2 Å². The molecule has 188 valence electrons. The smallest absolute Gasteiger partial charge is 0.408 e. The first-order chi connectivity index (χ1) is 16.1. The lowest BCUT2D eigenvalue weighted by molar-refractivity contribution is -0.149. The minimum atomic E-state index is -1.06. The van der Waals surface area contributed by atoms with Crippen molar-refractivity contribution in [3.8, 4) is 0 Å². The first kappa shape index (κ1) is 26.9. The summed E-state index contributed by atoms with van der Waals surface area (Å²) in [5.74, 6) is -1.50. The number of ether oxygens (including phenoxy) is 2. The van der Waals surface area contributed by atoms with Gasteiger partial charge in [0.15, 0.2) is 0 Å². The molecular formula is C24H35N3O7. The molecule has 1 saturated heterocycles. The van der Waals surface area contributed by atoms with Gasteiger partial charge in [-0.2, -0.15) is 0 Å². The minimum absolute atomic E-state index is 0.0505. The number of carboxylic acids is 1. The van der Waals surface area contributed by atoms with Gasteiger partial charge in [0.25, 0.3) is 0 Å². The number of nitrogens with zero attached hydrogens (tertiary/aromatic N) is 1. The third-order valence-corrected chi connectivity index (χ3v) is 5.21. The highest BCUT2D eigenvalue weighted by atomic mass is 16.6. The van der Waals surface area contributed by atoms with Gasteiger partial charge in [-0.1, -0.05) is 30.3 Å². The van der Waals surface area contributed by atoms with Crippen molar-refractivity contribution in [1.29, 1.82) is 0 Å². The standard InChI is InChI=1S/C24H35N3O7/c1-24(2,3)34-22(31)25-14-8-7-12-18(20(28)27-15-9-13-19(27)21(29)30)26-23(32)33-16-17-10-5-4-6-11-17/h4-6,10-11,18-19H,7-9,12-16H2,1-3H3,(H,25,31)(H,26,32)(H,29,30)/t18-,19-/m0/s1. The summed E-state index contributed by atoms with van der Waals surface area (Å²) >= 11 is 0. The molecule has 0 bridgehead atoms. The molecule has 0 spiro atoms. The number of likely N-dealkylation sites (tertiary alicyclic amines) is 1. The number of hydrogen-bond donors (Lipinski definition) is 3. The Labute approximate surface area is 200 Å². The first-order valence-electron chi connectivity index (χ1n) is 11.5. The van der Waals surface area contributed by atoms with E-state index < -0.39 is 41.7 Å². The van der Waals surface area contributed by atoms with Crippen LogP contribution < -0.4 is 10.6 Å². The highest BCUT2D eigenvalue weighted by Gasteiger charge is 2.37. The number of alkyl carbamates (subject to hydrolysis) is 2. The van der Waals surface area contributed by atoms with Crippen LogP contribution in [-0.2, 0) is 25.7 Å². The van der Waals surface area contributed by atoms with Gasteiger partial charge in [-0.3, -0.25) is 4.79 Å². The second-order valence-corrected chi connectivity index (χ2v) is 9.21. The number of amides is 3. The Morgan fingerprint density at radius 1 is 1.12 bits per heavy atom. The lowest BCUT2D eigenvalue weighted by atomic mass is 10.1. The fraction of sp³-hybridized carbons (Fsp3) is 0.583. The number of carbonyl (C=O) groups excluding carboxylic acids is 3.